The third-order valence-corrected chi connectivity index (χ3v) is 3.88. The van der Waals surface area contributed by atoms with Crippen LogP contribution in [0.1, 0.15) is 32.8 Å². The molecule has 0 bridgehead atoms. The molecular weight excluding hydrogens is 354 g/mol. The minimum absolute atomic E-state index is 0.0462. The van der Waals surface area contributed by atoms with E-state index in [0.29, 0.717) is 5.56 Å². The molecule has 0 fully saturated rings. The number of nitrogens with zero attached hydrogens (tertiary/aromatic N) is 2. The fraction of sp³-hybridized carbons (Fsp3) is 0.0526. The Balaban J connectivity index is 1.93. The summed E-state index contributed by atoms with van der Waals surface area (Å²) in [5.41, 5.74) is 0.185. The first-order chi connectivity index (χ1) is 12.9. The molecule has 3 rings (SSSR count). The number of rotatable bonds is 4. The summed E-state index contributed by atoms with van der Waals surface area (Å²) >= 11 is 0. The Bertz CT molecular complexity index is 1090. The van der Waals surface area contributed by atoms with E-state index in [4.69, 9.17) is 15.1 Å². The number of oxazole rings is 1. The lowest BCUT2D eigenvalue weighted by Gasteiger charge is -2.11. The molecule has 0 atom stereocenters. The molecule has 27 heavy (non-hydrogen) atoms. The molecule has 0 aliphatic carbocycles. The third kappa shape index (κ3) is 3.43. The Kier molecular flexibility index (Phi) is 4.77. The smallest absolute Gasteiger partial charge is 0.261 e. The van der Waals surface area contributed by atoms with Crippen molar-refractivity contribution in [3.05, 3.63) is 82.6 Å². The summed E-state index contributed by atoms with van der Waals surface area (Å²) in [6.45, 7) is 1.77. The van der Waals surface area contributed by atoms with E-state index in [2.05, 4.69) is 10.3 Å². The number of halogens is 2. The monoisotopic (exact) mass is 366 g/mol. The van der Waals surface area contributed by atoms with Crippen molar-refractivity contribution in [3.63, 3.8) is 0 Å². The lowest BCUT2D eigenvalue weighted by Crippen LogP contribution is -2.17. The normalized spacial score (nSPS) is 10.3. The molecule has 0 spiro atoms. The quantitative estimate of drug-likeness (QED) is 0.686. The maximum atomic E-state index is 14.2. The minimum Gasteiger partial charge on any atom is -0.442 e. The van der Waals surface area contributed by atoms with Gasteiger partial charge in [0.15, 0.2) is 18.0 Å². The van der Waals surface area contributed by atoms with E-state index in [1.54, 1.807) is 19.1 Å². The first-order valence-corrected chi connectivity index (χ1v) is 7.70. The van der Waals surface area contributed by atoms with E-state index >= 15 is 0 Å². The standard InChI is InChI=1S/C19H12F2N4O2/c1-10-2-4-12(6-13(10)18(23)15-8-24-9-27-15)25-19(26)16-14(20)5-3-11(7-22)17(16)21/h2-6,8-9,23H,1H3,(H,25,26). The largest absolute Gasteiger partial charge is 0.442 e. The van der Waals surface area contributed by atoms with Gasteiger partial charge in [0.1, 0.15) is 23.2 Å². The van der Waals surface area contributed by atoms with Crippen LogP contribution < -0.4 is 5.32 Å². The van der Waals surface area contributed by atoms with Gasteiger partial charge >= 0.3 is 0 Å². The van der Waals surface area contributed by atoms with Crippen molar-refractivity contribution in [2.75, 3.05) is 5.32 Å². The molecule has 3 aromatic rings. The maximum Gasteiger partial charge on any atom is 0.261 e. The van der Waals surface area contributed by atoms with Crippen LogP contribution in [0.2, 0.25) is 0 Å². The summed E-state index contributed by atoms with van der Waals surface area (Å²) < 4.78 is 33.2. The molecule has 1 amide bonds. The fourth-order valence-corrected chi connectivity index (χ4v) is 2.48. The number of amides is 1. The van der Waals surface area contributed by atoms with Crippen LogP contribution in [-0.4, -0.2) is 16.6 Å². The molecule has 0 saturated carbocycles. The van der Waals surface area contributed by atoms with E-state index in [1.807, 2.05) is 0 Å². The zero-order chi connectivity index (χ0) is 19.6. The Hall–Kier alpha value is -3.86. The van der Waals surface area contributed by atoms with Crippen LogP contribution in [0, 0.1) is 35.3 Å². The highest BCUT2D eigenvalue weighted by atomic mass is 19.1. The molecule has 2 aromatic carbocycles. The first-order valence-electron chi connectivity index (χ1n) is 7.70. The third-order valence-electron chi connectivity index (χ3n) is 3.88. The zero-order valence-corrected chi connectivity index (χ0v) is 14.0. The molecule has 0 aliphatic heterocycles. The van der Waals surface area contributed by atoms with Crippen molar-refractivity contribution in [1.29, 1.82) is 10.7 Å². The van der Waals surface area contributed by atoms with Crippen molar-refractivity contribution in [3.8, 4) is 6.07 Å². The highest BCUT2D eigenvalue weighted by molar-refractivity contribution is 6.11. The number of anilines is 1. The summed E-state index contributed by atoms with van der Waals surface area (Å²) in [5, 5.41) is 19.4. The van der Waals surface area contributed by atoms with Gasteiger partial charge in [0.25, 0.3) is 5.91 Å². The molecule has 6 nitrogen and oxygen atoms in total. The van der Waals surface area contributed by atoms with E-state index in [-0.39, 0.29) is 17.2 Å². The average Bonchev–Trinajstić information content (AvgIpc) is 3.17. The van der Waals surface area contributed by atoms with Gasteiger partial charge in [-0.05, 0) is 36.8 Å². The van der Waals surface area contributed by atoms with E-state index < -0.39 is 28.7 Å². The Labute approximate surface area is 152 Å². The molecule has 8 heteroatoms. The molecule has 0 saturated heterocycles. The SMILES string of the molecule is Cc1ccc(NC(=O)c2c(F)ccc(C#N)c2F)cc1C(=N)c1cnco1. The summed E-state index contributed by atoms with van der Waals surface area (Å²) in [4.78, 5) is 16.1. The summed E-state index contributed by atoms with van der Waals surface area (Å²) in [6.07, 6.45) is 2.57. The van der Waals surface area contributed by atoms with Crippen LogP contribution >= 0.6 is 0 Å². The molecule has 0 aliphatic rings. The van der Waals surface area contributed by atoms with Gasteiger partial charge < -0.3 is 9.73 Å². The second kappa shape index (κ2) is 7.17. The van der Waals surface area contributed by atoms with Crippen LogP contribution in [0.25, 0.3) is 0 Å². The van der Waals surface area contributed by atoms with Crippen LogP contribution in [0.4, 0.5) is 14.5 Å². The summed E-state index contributed by atoms with van der Waals surface area (Å²) in [6, 6.07) is 8.05. The molecule has 0 radical (unpaired) electrons. The number of hydrogen-bond acceptors (Lipinski definition) is 5. The maximum absolute atomic E-state index is 14.2. The van der Waals surface area contributed by atoms with Crippen molar-refractivity contribution < 1.29 is 18.0 Å². The molecule has 0 unspecified atom stereocenters. The van der Waals surface area contributed by atoms with Crippen molar-refractivity contribution in [2.45, 2.75) is 6.92 Å². The summed E-state index contributed by atoms with van der Waals surface area (Å²) in [7, 11) is 0. The van der Waals surface area contributed by atoms with Gasteiger partial charge in [0.2, 0.25) is 0 Å². The second-order valence-corrected chi connectivity index (χ2v) is 5.62. The van der Waals surface area contributed by atoms with Crippen LogP contribution in [0.5, 0.6) is 0 Å². The number of carbonyl (C=O) groups is 1. The van der Waals surface area contributed by atoms with Gasteiger partial charge in [-0.15, -0.1) is 0 Å². The number of aryl methyl sites for hydroxylation is 1. The van der Waals surface area contributed by atoms with Gasteiger partial charge in [-0.3, -0.25) is 10.2 Å². The topological polar surface area (TPSA) is 103 Å². The number of nitriles is 1. The highest BCUT2D eigenvalue weighted by Crippen LogP contribution is 2.22. The number of aromatic nitrogens is 1. The Morgan fingerprint density at radius 3 is 2.74 bits per heavy atom. The number of benzene rings is 2. The van der Waals surface area contributed by atoms with Crippen molar-refractivity contribution in [2.24, 2.45) is 0 Å². The van der Waals surface area contributed by atoms with Crippen molar-refractivity contribution >= 4 is 17.3 Å². The fourth-order valence-electron chi connectivity index (χ4n) is 2.48. The highest BCUT2D eigenvalue weighted by Gasteiger charge is 2.21. The van der Waals surface area contributed by atoms with Crippen LogP contribution in [0.15, 0.2) is 47.3 Å². The summed E-state index contributed by atoms with van der Waals surface area (Å²) in [5.74, 6) is -3.11. The van der Waals surface area contributed by atoms with E-state index in [9.17, 15) is 13.6 Å². The Morgan fingerprint density at radius 1 is 1.30 bits per heavy atom. The zero-order valence-electron chi connectivity index (χ0n) is 14.0. The number of hydrogen-bond donors (Lipinski definition) is 2. The average molecular weight is 366 g/mol. The van der Waals surface area contributed by atoms with Gasteiger partial charge in [-0.2, -0.15) is 5.26 Å². The lowest BCUT2D eigenvalue weighted by atomic mass is 10.0. The predicted octanol–water partition coefficient (Wildman–Crippen LogP) is 3.80. The minimum atomic E-state index is -1.23. The number of nitrogens with one attached hydrogen (secondary N) is 2. The van der Waals surface area contributed by atoms with E-state index in [0.717, 1.165) is 17.7 Å². The second-order valence-electron chi connectivity index (χ2n) is 5.62. The van der Waals surface area contributed by atoms with Gasteiger partial charge in [-0.25, -0.2) is 13.8 Å². The predicted molar refractivity (Wildman–Crippen MR) is 92.6 cm³/mol. The van der Waals surface area contributed by atoms with Gasteiger partial charge in [0.05, 0.1) is 11.8 Å². The first kappa shape index (κ1) is 17.9. The van der Waals surface area contributed by atoms with Crippen LogP contribution in [0.3, 0.4) is 0 Å². The molecule has 1 aromatic heterocycles. The molecule has 134 valence electrons. The Morgan fingerprint density at radius 2 is 2.07 bits per heavy atom. The van der Waals surface area contributed by atoms with Gasteiger partial charge in [-0.1, -0.05) is 6.07 Å². The lowest BCUT2D eigenvalue weighted by molar-refractivity contribution is 0.101. The van der Waals surface area contributed by atoms with Crippen molar-refractivity contribution in [1.82, 2.24) is 4.98 Å². The molecule has 1 heterocycles. The molecule has 2 N–H and O–H groups in total. The van der Waals surface area contributed by atoms with Gasteiger partial charge in [0, 0.05) is 11.3 Å². The number of carbonyl (C=O) groups excluding carboxylic acids is 1. The van der Waals surface area contributed by atoms with E-state index in [1.165, 1.54) is 24.7 Å². The van der Waals surface area contributed by atoms with Crippen LogP contribution in [-0.2, 0) is 0 Å². The molecular formula is C19H12F2N4O2.